The average Bonchev–Trinajstić information content (AvgIpc) is 3.39. The maximum Gasteiger partial charge on any atom is 0.166 e. The van der Waals surface area contributed by atoms with Crippen molar-refractivity contribution in [1.82, 2.24) is 24.9 Å². The summed E-state index contributed by atoms with van der Waals surface area (Å²) >= 11 is 12.4. The van der Waals surface area contributed by atoms with Gasteiger partial charge in [0.2, 0.25) is 0 Å². The van der Waals surface area contributed by atoms with E-state index in [1.165, 1.54) is 17.7 Å². The predicted octanol–water partition coefficient (Wildman–Crippen LogP) is 6.35. The lowest BCUT2D eigenvalue weighted by Crippen LogP contribution is -2.34. The molecule has 192 valence electrons. The van der Waals surface area contributed by atoms with E-state index in [1.807, 2.05) is 16.9 Å². The zero-order valence-corrected chi connectivity index (χ0v) is 21.8. The number of benzene rings is 2. The van der Waals surface area contributed by atoms with Crippen molar-refractivity contribution in [1.29, 1.82) is 0 Å². The van der Waals surface area contributed by atoms with Crippen molar-refractivity contribution in [2.75, 3.05) is 18.8 Å². The zero-order chi connectivity index (χ0) is 25.9. The molecule has 0 amide bonds. The van der Waals surface area contributed by atoms with Gasteiger partial charge in [-0.25, -0.2) is 14.1 Å². The second kappa shape index (κ2) is 11.0. The van der Waals surface area contributed by atoms with Crippen LogP contribution >= 0.6 is 23.2 Å². The van der Waals surface area contributed by atoms with Crippen molar-refractivity contribution in [2.45, 2.75) is 38.5 Å². The van der Waals surface area contributed by atoms with E-state index in [9.17, 15) is 4.39 Å². The topological polar surface area (TPSA) is 82.1 Å². The fourth-order valence-corrected chi connectivity index (χ4v) is 5.30. The third-order valence-electron chi connectivity index (χ3n) is 6.66. The smallest absolute Gasteiger partial charge is 0.166 e. The Bertz CT molecular complexity index is 1370. The van der Waals surface area contributed by atoms with E-state index < -0.39 is 11.9 Å². The Balaban J connectivity index is 1.27. The van der Waals surface area contributed by atoms with Gasteiger partial charge in [-0.15, -0.1) is 5.10 Å². The number of piperidine rings is 1. The molecule has 3 heterocycles. The molecule has 5 rings (SSSR count). The predicted molar refractivity (Wildman–Crippen MR) is 143 cm³/mol. The standard InChI is InChI=1S/C27H27Cl2FN6O/c1-17(25-21(28)7-8-22(30)26(25)29)37-24-13-19(14-32-27(24)31)23-16-36(34-33-23)20-9-11-35(12-10-20)15-18-5-3-2-4-6-18/h2-8,13-14,16-17,20H,9-12,15H2,1H3,(H2,31,32). The molecule has 2 N–H and O–H groups in total. The van der Waals surface area contributed by atoms with Crippen LogP contribution in [0.1, 0.15) is 43.0 Å². The fourth-order valence-electron chi connectivity index (χ4n) is 4.63. The van der Waals surface area contributed by atoms with Gasteiger partial charge in [0.15, 0.2) is 11.6 Å². The van der Waals surface area contributed by atoms with Crippen molar-refractivity contribution in [3.05, 3.63) is 87.9 Å². The van der Waals surface area contributed by atoms with Crippen LogP contribution in [0.15, 0.2) is 60.9 Å². The van der Waals surface area contributed by atoms with Crippen LogP contribution in [0.2, 0.25) is 10.0 Å². The summed E-state index contributed by atoms with van der Waals surface area (Å²) in [5, 5.41) is 8.98. The number of nitrogens with zero attached hydrogens (tertiary/aromatic N) is 5. The quantitative estimate of drug-likeness (QED) is 0.275. The minimum Gasteiger partial charge on any atom is -0.482 e. The van der Waals surface area contributed by atoms with E-state index in [0.29, 0.717) is 27.6 Å². The van der Waals surface area contributed by atoms with Crippen molar-refractivity contribution in [3.8, 4) is 17.0 Å². The summed E-state index contributed by atoms with van der Waals surface area (Å²) in [4.78, 5) is 6.73. The van der Waals surface area contributed by atoms with E-state index in [4.69, 9.17) is 33.7 Å². The first-order chi connectivity index (χ1) is 17.9. The molecule has 1 unspecified atom stereocenters. The summed E-state index contributed by atoms with van der Waals surface area (Å²) in [5.41, 5.74) is 9.12. The number of likely N-dealkylation sites (tertiary alicyclic amines) is 1. The zero-order valence-electron chi connectivity index (χ0n) is 20.3. The van der Waals surface area contributed by atoms with Crippen LogP contribution in [0.25, 0.3) is 11.3 Å². The van der Waals surface area contributed by atoms with Gasteiger partial charge >= 0.3 is 0 Å². The van der Waals surface area contributed by atoms with Gasteiger partial charge in [0.05, 0.1) is 17.3 Å². The number of aromatic nitrogens is 4. The number of anilines is 1. The van der Waals surface area contributed by atoms with Crippen LogP contribution in [0.3, 0.4) is 0 Å². The molecule has 1 fully saturated rings. The SMILES string of the molecule is CC(Oc1cc(-c2cn(C3CCN(Cc4ccccc4)CC3)nn2)cnc1N)c1c(Cl)ccc(F)c1Cl. The third kappa shape index (κ3) is 5.71. The van der Waals surface area contributed by atoms with Crippen molar-refractivity contribution in [3.63, 3.8) is 0 Å². The number of hydrogen-bond acceptors (Lipinski definition) is 6. The molecule has 4 aromatic rings. The Morgan fingerprint density at radius 3 is 2.65 bits per heavy atom. The maximum atomic E-state index is 14.0. The van der Waals surface area contributed by atoms with Gasteiger partial charge in [0.25, 0.3) is 0 Å². The Hall–Kier alpha value is -3.20. The first-order valence-electron chi connectivity index (χ1n) is 12.1. The molecule has 1 aliphatic heterocycles. The number of ether oxygens (including phenoxy) is 1. The van der Waals surface area contributed by atoms with Gasteiger partial charge in [0, 0.05) is 42.0 Å². The van der Waals surface area contributed by atoms with E-state index in [1.54, 1.807) is 19.2 Å². The summed E-state index contributed by atoms with van der Waals surface area (Å²) in [6.07, 6.45) is 4.89. The van der Waals surface area contributed by atoms with Crippen LogP contribution < -0.4 is 10.5 Å². The number of hydrogen-bond donors (Lipinski definition) is 1. The largest absolute Gasteiger partial charge is 0.482 e. The van der Waals surface area contributed by atoms with E-state index in [2.05, 4.69) is 44.5 Å². The lowest BCUT2D eigenvalue weighted by atomic mass is 10.0. The normalized spacial score (nSPS) is 15.6. The monoisotopic (exact) mass is 540 g/mol. The van der Waals surface area contributed by atoms with Crippen LogP contribution in [-0.2, 0) is 6.54 Å². The fraction of sp³-hybridized carbons (Fsp3) is 0.296. The average molecular weight is 541 g/mol. The summed E-state index contributed by atoms with van der Waals surface area (Å²) in [6.45, 7) is 4.68. The van der Waals surface area contributed by atoms with Gasteiger partial charge in [0.1, 0.15) is 17.6 Å². The molecule has 37 heavy (non-hydrogen) atoms. The first kappa shape index (κ1) is 25.4. The molecule has 2 aromatic heterocycles. The molecular weight excluding hydrogens is 514 g/mol. The van der Waals surface area contributed by atoms with Crippen molar-refractivity contribution >= 4 is 29.0 Å². The molecule has 1 atom stereocenters. The number of rotatable bonds is 7. The Morgan fingerprint density at radius 2 is 1.89 bits per heavy atom. The molecule has 7 nitrogen and oxygen atoms in total. The summed E-state index contributed by atoms with van der Waals surface area (Å²) in [5.74, 6) is -0.0542. The van der Waals surface area contributed by atoms with Crippen molar-refractivity contribution in [2.24, 2.45) is 0 Å². The summed E-state index contributed by atoms with van der Waals surface area (Å²) < 4.78 is 21.9. The second-order valence-electron chi connectivity index (χ2n) is 9.20. The highest BCUT2D eigenvalue weighted by molar-refractivity contribution is 6.36. The maximum absolute atomic E-state index is 14.0. The Labute approximate surface area is 225 Å². The van der Waals surface area contributed by atoms with E-state index >= 15 is 0 Å². The van der Waals surface area contributed by atoms with Crippen LogP contribution in [0.4, 0.5) is 10.2 Å². The molecular formula is C27H27Cl2FN6O. The van der Waals surface area contributed by atoms with Gasteiger partial charge in [-0.3, -0.25) is 4.90 Å². The number of nitrogens with two attached hydrogens (primary N) is 1. The molecule has 0 radical (unpaired) electrons. The van der Waals surface area contributed by atoms with Gasteiger partial charge < -0.3 is 10.5 Å². The summed E-state index contributed by atoms with van der Waals surface area (Å²) in [7, 11) is 0. The third-order valence-corrected chi connectivity index (χ3v) is 7.37. The molecule has 10 heteroatoms. The molecule has 0 bridgehead atoms. The first-order valence-corrected chi connectivity index (χ1v) is 12.9. The van der Waals surface area contributed by atoms with E-state index in [0.717, 1.165) is 32.5 Å². The number of pyridine rings is 1. The molecule has 2 aromatic carbocycles. The lowest BCUT2D eigenvalue weighted by Gasteiger charge is -2.31. The molecule has 0 aliphatic carbocycles. The highest BCUT2D eigenvalue weighted by Gasteiger charge is 2.23. The van der Waals surface area contributed by atoms with Gasteiger partial charge in [-0.05, 0) is 43.5 Å². The highest BCUT2D eigenvalue weighted by atomic mass is 35.5. The van der Waals surface area contributed by atoms with Crippen LogP contribution in [-0.4, -0.2) is 38.0 Å². The summed E-state index contributed by atoms with van der Waals surface area (Å²) in [6, 6.07) is 15.2. The molecule has 1 saturated heterocycles. The van der Waals surface area contributed by atoms with Crippen molar-refractivity contribution < 1.29 is 9.13 Å². The lowest BCUT2D eigenvalue weighted by molar-refractivity contribution is 0.172. The Morgan fingerprint density at radius 1 is 1.14 bits per heavy atom. The molecule has 0 spiro atoms. The number of halogens is 3. The van der Waals surface area contributed by atoms with Gasteiger partial charge in [-0.2, -0.15) is 0 Å². The second-order valence-corrected chi connectivity index (χ2v) is 9.99. The minimum atomic E-state index is -0.660. The Kier molecular flexibility index (Phi) is 7.60. The highest BCUT2D eigenvalue weighted by Crippen LogP contribution is 2.37. The van der Waals surface area contributed by atoms with Gasteiger partial charge in [-0.1, -0.05) is 58.7 Å². The number of nitrogen functional groups attached to an aromatic ring is 1. The van der Waals surface area contributed by atoms with Crippen LogP contribution in [0, 0.1) is 5.82 Å². The van der Waals surface area contributed by atoms with E-state index in [-0.39, 0.29) is 16.9 Å². The molecule has 1 aliphatic rings. The van der Waals surface area contributed by atoms with Crippen LogP contribution in [0.5, 0.6) is 5.75 Å². The molecule has 0 saturated carbocycles. The minimum absolute atomic E-state index is 0.0829.